The zero-order valence-electron chi connectivity index (χ0n) is 12.9. The van der Waals surface area contributed by atoms with Crippen LogP contribution in [0.4, 0.5) is 13.2 Å². The maximum Gasteiger partial charge on any atom is 0.573 e. The van der Waals surface area contributed by atoms with Crippen LogP contribution < -0.4 is 19.9 Å². The molecule has 2 rings (SSSR count). The second-order valence-corrected chi connectivity index (χ2v) is 4.86. The number of hydrogen-bond acceptors (Lipinski definition) is 5. The number of phenolic OH excluding ortho intramolecular Hbond substituents is 1. The molecule has 0 unspecified atom stereocenters. The van der Waals surface area contributed by atoms with E-state index in [4.69, 9.17) is 15.2 Å². The van der Waals surface area contributed by atoms with Crippen LogP contribution in [0.5, 0.6) is 23.0 Å². The molecule has 0 radical (unpaired) electrons. The standard InChI is InChI=1S/C16H16F3NO4/c1-22-12-7-10(21)8-13(23-2)14(12)15(20)9-3-5-11(6-4-9)24-16(17,18)19/h3-8,15,21H,20H2,1-2H3/t15-/m1/s1. The first-order chi connectivity index (χ1) is 11.2. The van der Waals surface area contributed by atoms with Gasteiger partial charge in [0.2, 0.25) is 0 Å². The highest BCUT2D eigenvalue weighted by atomic mass is 19.4. The second kappa shape index (κ2) is 6.88. The van der Waals surface area contributed by atoms with E-state index < -0.39 is 12.4 Å². The molecule has 24 heavy (non-hydrogen) atoms. The maximum absolute atomic E-state index is 12.2. The van der Waals surface area contributed by atoms with Crippen molar-refractivity contribution >= 4 is 0 Å². The van der Waals surface area contributed by atoms with Gasteiger partial charge in [-0.15, -0.1) is 13.2 Å². The van der Waals surface area contributed by atoms with Gasteiger partial charge in [-0.05, 0) is 17.7 Å². The van der Waals surface area contributed by atoms with Crippen LogP contribution in [0.25, 0.3) is 0 Å². The summed E-state index contributed by atoms with van der Waals surface area (Å²) in [6.45, 7) is 0. The Hall–Kier alpha value is -2.61. The summed E-state index contributed by atoms with van der Waals surface area (Å²) in [6, 6.07) is 7.17. The summed E-state index contributed by atoms with van der Waals surface area (Å²) in [7, 11) is 2.81. The van der Waals surface area contributed by atoms with Crippen LogP contribution in [0.2, 0.25) is 0 Å². The number of benzene rings is 2. The molecule has 0 aromatic heterocycles. The van der Waals surface area contributed by atoms with Crippen molar-refractivity contribution in [3.8, 4) is 23.0 Å². The van der Waals surface area contributed by atoms with Gasteiger partial charge in [0.15, 0.2) is 0 Å². The van der Waals surface area contributed by atoms with E-state index in [0.29, 0.717) is 22.6 Å². The number of hydrogen-bond donors (Lipinski definition) is 2. The molecule has 1 atom stereocenters. The lowest BCUT2D eigenvalue weighted by Gasteiger charge is -2.20. The van der Waals surface area contributed by atoms with Crippen molar-refractivity contribution < 1.29 is 32.5 Å². The molecule has 0 spiro atoms. The summed E-state index contributed by atoms with van der Waals surface area (Å²) in [4.78, 5) is 0. The number of rotatable bonds is 5. The zero-order chi connectivity index (χ0) is 17.9. The molecular weight excluding hydrogens is 327 g/mol. The molecule has 2 aromatic carbocycles. The van der Waals surface area contributed by atoms with Crippen molar-refractivity contribution in [1.82, 2.24) is 0 Å². The van der Waals surface area contributed by atoms with E-state index in [1.807, 2.05) is 0 Å². The normalized spacial score (nSPS) is 12.6. The molecule has 0 aliphatic carbocycles. The van der Waals surface area contributed by atoms with Gasteiger partial charge in [0.1, 0.15) is 23.0 Å². The van der Waals surface area contributed by atoms with Crippen LogP contribution in [0.15, 0.2) is 36.4 Å². The molecule has 5 nitrogen and oxygen atoms in total. The lowest BCUT2D eigenvalue weighted by molar-refractivity contribution is -0.274. The Balaban J connectivity index is 2.37. The molecule has 0 amide bonds. The van der Waals surface area contributed by atoms with Crippen molar-refractivity contribution in [2.24, 2.45) is 5.73 Å². The quantitative estimate of drug-likeness (QED) is 0.871. The van der Waals surface area contributed by atoms with E-state index in [1.165, 1.54) is 50.6 Å². The summed E-state index contributed by atoms with van der Waals surface area (Å²) in [6.07, 6.45) is -4.76. The summed E-state index contributed by atoms with van der Waals surface area (Å²) < 4.78 is 50.8. The number of methoxy groups -OCH3 is 2. The molecule has 0 heterocycles. The second-order valence-electron chi connectivity index (χ2n) is 4.86. The van der Waals surface area contributed by atoms with E-state index >= 15 is 0 Å². The van der Waals surface area contributed by atoms with Gasteiger partial charge in [0.25, 0.3) is 0 Å². The highest BCUT2D eigenvalue weighted by molar-refractivity contribution is 5.54. The minimum atomic E-state index is -4.76. The Morgan fingerprint density at radius 1 is 1.00 bits per heavy atom. The Kier molecular flexibility index (Phi) is 5.08. The Morgan fingerprint density at radius 3 is 1.92 bits per heavy atom. The molecule has 0 aliphatic rings. The molecule has 3 N–H and O–H groups in total. The molecule has 2 aromatic rings. The topological polar surface area (TPSA) is 73.9 Å². The lowest BCUT2D eigenvalue weighted by atomic mass is 9.97. The molecule has 0 aliphatic heterocycles. The van der Waals surface area contributed by atoms with Gasteiger partial charge in [-0.25, -0.2) is 0 Å². The van der Waals surface area contributed by atoms with E-state index in [2.05, 4.69) is 4.74 Å². The van der Waals surface area contributed by atoms with Crippen molar-refractivity contribution in [2.75, 3.05) is 14.2 Å². The summed E-state index contributed by atoms with van der Waals surface area (Å²) in [5.41, 5.74) is 7.17. The number of alkyl halides is 3. The highest BCUT2D eigenvalue weighted by Gasteiger charge is 2.31. The monoisotopic (exact) mass is 343 g/mol. The first kappa shape index (κ1) is 17.7. The van der Waals surface area contributed by atoms with Crippen molar-refractivity contribution in [2.45, 2.75) is 12.4 Å². The number of halogens is 3. The Morgan fingerprint density at radius 2 is 1.50 bits per heavy atom. The third-order valence-electron chi connectivity index (χ3n) is 3.31. The maximum atomic E-state index is 12.2. The van der Waals surface area contributed by atoms with Crippen LogP contribution in [-0.4, -0.2) is 25.7 Å². The van der Waals surface area contributed by atoms with E-state index in [0.717, 1.165) is 0 Å². The molecule has 0 bridgehead atoms. The minimum Gasteiger partial charge on any atom is -0.508 e. The average molecular weight is 343 g/mol. The predicted octanol–water partition coefficient (Wildman–Crippen LogP) is 3.36. The van der Waals surface area contributed by atoms with Gasteiger partial charge in [-0.2, -0.15) is 0 Å². The minimum absolute atomic E-state index is 0.0615. The first-order valence-corrected chi connectivity index (χ1v) is 6.81. The molecule has 0 saturated carbocycles. The van der Waals surface area contributed by atoms with Crippen LogP contribution in [0, 0.1) is 0 Å². The zero-order valence-corrected chi connectivity index (χ0v) is 12.9. The van der Waals surface area contributed by atoms with Crippen molar-refractivity contribution in [1.29, 1.82) is 0 Å². The van der Waals surface area contributed by atoms with Gasteiger partial charge in [0, 0.05) is 12.1 Å². The van der Waals surface area contributed by atoms with Crippen LogP contribution >= 0.6 is 0 Å². The Bertz CT molecular complexity index is 676. The van der Waals surface area contributed by atoms with E-state index in [-0.39, 0.29) is 11.5 Å². The smallest absolute Gasteiger partial charge is 0.508 e. The van der Waals surface area contributed by atoms with Gasteiger partial charge < -0.3 is 25.1 Å². The van der Waals surface area contributed by atoms with Crippen LogP contribution in [-0.2, 0) is 0 Å². The Labute approximate surface area is 136 Å². The van der Waals surface area contributed by atoms with Crippen molar-refractivity contribution in [3.05, 3.63) is 47.5 Å². The first-order valence-electron chi connectivity index (χ1n) is 6.81. The highest BCUT2D eigenvalue weighted by Crippen LogP contribution is 2.39. The van der Waals surface area contributed by atoms with Gasteiger partial charge in [-0.3, -0.25) is 0 Å². The predicted molar refractivity (Wildman–Crippen MR) is 80.4 cm³/mol. The van der Waals surface area contributed by atoms with E-state index in [1.54, 1.807) is 0 Å². The van der Waals surface area contributed by atoms with Crippen LogP contribution in [0.1, 0.15) is 17.2 Å². The van der Waals surface area contributed by atoms with Crippen LogP contribution in [0.3, 0.4) is 0 Å². The fourth-order valence-corrected chi connectivity index (χ4v) is 2.28. The van der Waals surface area contributed by atoms with Gasteiger partial charge in [0.05, 0.1) is 25.8 Å². The SMILES string of the molecule is COc1cc(O)cc(OC)c1[C@H](N)c1ccc(OC(F)(F)F)cc1. The molecule has 0 fully saturated rings. The van der Waals surface area contributed by atoms with Gasteiger partial charge >= 0.3 is 6.36 Å². The largest absolute Gasteiger partial charge is 0.573 e. The number of nitrogens with two attached hydrogens (primary N) is 1. The summed E-state index contributed by atoms with van der Waals surface area (Å²) in [5, 5.41) is 9.65. The molecule has 0 saturated heterocycles. The summed E-state index contributed by atoms with van der Waals surface area (Å²) in [5.74, 6) is 0.196. The average Bonchev–Trinajstić information content (AvgIpc) is 2.52. The number of ether oxygens (including phenoxy) is 3. The fraction of sp³-hybridized carbons (Fsp3) is 0.250. The molecular formula is C16H16F3NO4. The van der Waals surface area contributed by atoms with Gasteiger partial charge in [-0.1, -0.05) is 12.1 Å². The van der Waals surface area contributed by atoms with E-state index in [9.17, 15) is 18.3 Å². The third-order valence-corrected chi connectivity index (χ3v) is 3.31. The molecule has 130 valence electrons. The number of phenols is 1. The number of aromatic hydroxyl groups is 1. The summed E-state index contributed by atoms with van der Waals surface area (Å²) >= 11 is 0. The fourth-order valence-electron chi connectivity index (χ4n) is 2.28. The van der Waals surface area contributed by atoms with Crippen molar-refractivity contribution in [3.63, 3.8) is 0 Å². The lowest BCUT2D eigenvalue weighted by Crippen LogP contribution is -2.17. The molecule has 8 heteroatoms. The third kappa shape index (κ3) is 4.02.